The fourth-order valence-electron chi connectivity index (χ4n) is 2.17. The molecule has 1 saturated heterocycles. The zero-order chi connectivity index (χ0) is 14.2. The maximum absolute atomic E-state index is 12.5. The number of rotatable bonds is 1. The maximum Gasteiger partial charge on any atom is 0.417 e. The Morgan fingerprint density at radius 3 is 2.68 bits per heavy atom. The van der Waals surface area contributed by atoms with Crippen LogP contribution < -0.4 is 10.6 Å². The van der Waals surface area contributed by atoms with Crippen molar-refractivity contribution in [3.8, 4) is 0 Å². The SMILES string of the molecule is CC1CN(c2ncc(C(F)(F)F)cc2Cl)CCC1N. The molecule has 0 bridgehead atoms. The zero-order valence-corrected chi connectivity index (χ0v) is 11.2. The van der Waals surface area contributed by atoms with Gasteiger partial charge in [0.1, 0.15) is 5.82 Å². The molecule has 0 saturated carbocycles. The lowest BCUT2D eigenvalue weighted by molar-refractivity contribution is -0.137. The zero-order valence-electron chi connectivity index (χ0n) is 10.4. The molecule has 19 heavy (non-hydrogen) atoms. The van der Waals surface area contributed by atoms with Gasteiger partial charge < -0.3 is 10.6 Å². The van der Waals surface area contributed by atoms with Crippen LogP contribution in [0.3, 0.4) is 0 Å². The van der Waals surface area contributed by atoms with Crippen LogP contribution in [0.1, 0.15) is 18.9 Å². The number of nitrogens with two attached hydrogens (primary N) is 1. The number of piperidine rings is 1. The highest BCUT2D eigenvalue weighted by Crippen LogP contribution is 2.34. The van der Waals surface area contributed by atoms with Crippen molar-refractivity contribution < 1.29 is 13.2 Å². The lowest BCUT2D eigenvalue weighted by atomic mass is 9.95. The summed E-state index contributed by atoms with van der Waals surface area (Å²) in [7, 11) is 0. The molecule has 0 radical (unpaired) electrons. The smallest absolute Gasteiger partial charge is 0.355 e. The van der Waals surface area contributed by atoms with Crippen LogP contribution in [0, 0.1) is 5.92 Å². The van der Waals surface area contributed by atoms with Gasteiger partial charge in [-0.3, -0.25) is 0 Å². The number of halogens is 4. The molecule has 1 fully saturated rings. The van der Waals surface area contributed by atoms with Crippen LogP contribution in [-0.4, -0.2) is 24.1 Å². The molecule has 0 aliphatic carbocycles. The number of hydrogen-bond donors (Lipinski definition) is 1. The second-order valence-electron chi connectivity index (χ2n) is 4.90. The van der Waals surface area contributed by atoms with E-state index in [4.69, 9.17) is 17.3 Å². The molecule has 2 atom stereocenters. The van der Waals surface area contributed by atoms with Gasteiger partial charge in [0.25, 0.3) is 0 Å². The van der Waals surface area contributed by atoms with Crippen LogP contribution >= 0.6 is 11.6 Å². The van der Waals surface area contributed by atoms with Crippen molar-refractivity contribution in [3.05, 3.63) is 22.8 Å². The monoisotopic (exact) mass is 293 g/mol. The van der Waals surface area contributed by atoms with Gasteiger partial charge in [-0.1, -0.05) is 18.5 Å². The second kappa shape index (κ2) is 5.17. The minimum Gasteiger partial charge on any atom is -0.355 e. The fraction of sp³-hybridized carbons (Fsp3) is 0.583. The van der Waals surface area contributed by atoms with E-state index in [2.05, 4.69) is 4.98 Å². The lowest BCUT2D eigenvalue weighted by Crippen LogP contribution is -2.46. The molecule has 1 aromatic rings. The summed E-state index contributed by atoms with van der Waals surface area (Å²) >= 11 is 5.92. The molecular weight excluding hydrogens is 279 g/mol. The maximum atomic E-state index is 12.5. The molecule has 2 unspecified atom stereocenters. The van der Waals surface area contributed by atoms with E-state index < -0.39 is 11.7 Å². The van der Waals surface area contributed by atoms with Crippen molar-refractivity contribution in [2.75, 3.05) is 18.0 Å². The van der Waals surface area contributed by atoms with Crippen LogP contribution in [0.25, 0.3) is 0 Å². The van der Waals surface area contributed by atoms with E-state index in [1.807, 2.05) is 11.8 Å². The summed E-state index contributed by atoms with van der Waals surface area (Å²) in [5, 5.41) is 0.0255. The lowest BCUT2D eigenvalue weighted by Gasteiger charge is -2.36. The molecule has 0 spiro atoms. The van der Waals surface area contributed by atoms with Gasteiger partial charge in [0.2, 0.25) is 0 Å². The number of aromatic nitrogens is 1. The van der Waals surface area contributed by atoms with Gasteiger partial charge in [-0.15, -0.1) is 0 Å². The molecule has 1 aliphatic heterocycles. The summed E-state index contributed by atoms with van der Waals surface area (Å²) in [6.07, 6.45) is -2.83. The third-order valence-electron chi connectivity index (χ3n) is 3.42. The van der Waals surface area contributed by atoms with Gasteiger partial charge in [-0.2, -0.15) is 13.2 Å². The van der Waals surface area contributed by atoms with Gasteiger partial charge >= 0.3 is 6.18 Å². The van der Waals surface area contributed by atoms with E-state index in [-0.39, 0.29) is 17.0 Å². The van der Waals surface area contributed by atoms with Crippen LogP contribution in [0.15, 0.2) is 12.3 Å². The Kier molecular flexibility index (Phi) is 3.92. The third-order valence-corrected chi connectivity index (χ3v) is 3.70. The molecule has 3 nitrogen and oxygen atoms in total. The van der Waals surface area contributed by atoms with Gasteiger partial charge in [0, 0.05) is 25.3 Å². The first-order valence-electron chi connectivity index (χ1n) is 6.02. The minimum absolute atomic E-state index is 0.0255. The highest BCUT2D eigenvalue weighted by atomic mass is 35.5. The van der Waals surface area contributed by atoms with E-state index in [1.54, 1.807) is 0 Å². The molecular formula is C12H15ClF3N3. The highest BCUT2D eigenvalue weighted by molar-refractivity contribution is 6.33. The predicted octanol–water partition coefficient (Wildman–Crippen LogP) is 2.93. The molecule has 2 heterocycles. The number of nitrogens with zero attached hydrogens (tertiary/aromatic N) is 2. The summed E-state index contributed by atoms with van der Waals surface area (Å²) in [6.45, 7) is 3.32. The van der Waals surface area contributed by atoms with Crippen molar-refractivity contribution in [2.24, 2.45) is 11.7 Å². The van der Waals surface area contributed by atoms with E-state index >= 15 is 0 Å². The molecule has 0 aromatic carbocycles. The molecule has 2 rings (SSSR count). The highest BCUT2D eigenvalue weighted by Gasteiger charge is 2.32. The Morgan fingerprint density at radius 2 is 2.16 bits per heavy atom. The standard InChI is InChI=1S/C12H15ClF3N3/c1-7-6-19(3-2-10(7)17)11-9(13)4-8(5-18-11)12(14,15)16/h4-5,7,10H,2-3,6,17H2,1H3. The summed E-state index contributed by atoms with van der Waals surface area (Å²) < 4.78 is 37.6. The first-order valence-corrected chi connectivity index (χ1v) is 6.40. The third kappa shape index (κ3) is 3.12. The van der Waals surface area contributed by atoms with E-state index in [0.717, 1.165) is 18.7 Å². The minimum atomic E-state index is -4.42. The normalized spacial score (nSPS) is 24.6. The van der Waals surface area contributed by atoms with Gasteiger partial charge in [0.15, 0.2) is 0 Å². The van der Waals surface area contributed by atoms with Gasteiger partial charge in [0.05, 0.1) is 10.6 Å². The number of hydrogen-bond acceptors (Lipinski definition) is 3. The van der Waals surface area contributed by atoms with Crippen LogP contribution in [-0.2, 0) is 6.18 Å². The van der Waals surface area contributed by atoms with Crippen LogP contribution in [0.4, 0.5) is 19.0 Å². The Morgan fingerprint density at radius 1 is 1.47 bits per heavy atom. The number of anilines is 1. The summed E-state index contributed by atoms with van der Waals surface area (Å²) in [6, 6.07) is 1.03. The number of alkyl halides is 3. The molecule has 1 aromatic heterocycles. The van der Waals surface area contributed by atoms with Gasteiger partial charge in [-0.25, -0.2) is 4.98 Å². The first kappa shape index (κ1) is 14.4. The van der Waals surface area contributed by atoms with Crippen molar-refractivity contribution in [1.82, 2.24) is 4.98 Å². The largest absolute Gasteiger partial charge is 0.417 e. The summed E-state index contributed by atoms with van der Waals surface area (Å²) in [5.41, 5.74) is 5.08. The van der Waals surface area contributed by atoms with Crippen molar-refractivity contribution in [2.45, 2.75) is 25.6 Å². The molecule has 0 amide bonds. The Bertz CT molecular complexity index is 464. The van der Waals surface area contributed by atoms with Crippen LogP contribution in [0.2, 0.25) is 5.02 Å². The van der Waals surface area contributed by atoms with Crippen LogP contribution in [0.5, 0.6) is 0 Å². The molecule has 7 heteroatoms. The average Bonchev–Trinajstić information content (AvgIpc) is 2.31. The topological polar surface area (TPSA) is 42.2 Å². The van der Waals surface area contributed by atoms with Gasteiger partial charge in [-0.05, 0) is 18.4 Å². The number of pyridine rings is 1. The Labute approximate surface area is 114 Å². The van der Waals surface area contributed by atoms with E-state index in [1.165, 1.54) is 0 Å². The average molecular weight is 294 g/mol. The summed E-state index contributed by atoms with van der Waals surface area (Å²) in [4.78, 5) is 5.75. The summed E-state index contributed by atoms with van der Waals surface area (Å²) in [5.74, 6) is 0.655. The Balaban J connectivity index is 2.22. The fourth-order valence-corrected chi connectivity index (χ4v) is 2.46. The molecule has 106 valence electrons. The second-order valence-corrected chi connectivity index (χ2v) is 5.31. The van der Waals surface area contributed by atoms with Crippen molar-refractivity contribution in [3.63, 3.8) is 0 Å². The molecule has 2 N–H and O–H groups in total. The van der Waals surface area contributed by atoms with E-state index in [0.29, 0.717) is 18.9 Å². The van der Waals surface area contributed by atoms with Crippen molar-refractivity contribution >= 4 is 17.4 Å². The molecule has 1 aliphatic rings. The quantitative estimate of drug-likeness (QED) is 0.866. The predicted molar refractivity (Wildman–Crippen MR) is 68.2 cm³/mol. The first-order chi connectivity index (χ1) is 8.79. The van der Waals surface area contributed by atoms with E-state index in [9.17, 15) is 13.2 Å². The Hall–Kier alpha value is -1.01. The van der Waals surface area contributed by atoms with Crippen molar-refractivity contribution in [1.29, 1.82) is 0 Å².